The van der Waals surface area contributed by atoms with E-state index in [4.69, 9.17) is 9.47 Å². The van der Waals surface area contributed by atoms with Crippen LogP contribution in [-0.4, -0.2) is 45.3 Å². The number of aromatic nitrogens is 3. The molecule has 1 amide bonds. The molecule has 0 fully saturated rings. The number of H-pyrrole nitrogens is 1. The van der Waals surface area contributed by atoms with Crippen LogP contribution in [0.2, 0.25) is 0 Å². The molecule has 5 rings (SSSR count). The number of fused-ring (bicyclic) bond motifs is 1. The number of carbonyl (C=O) groups excluding carboxylic acids is 1. The molecule has 2 aromatic carbocycles. The molecule has 0 bridgehead atoms. The molecule has 0 aliphatic carbocycles. The number of benzene rings is 2. The summed E-state index contributed by atoms with van der Waals surface area (Å²) in [6, 6.07) is 15.9. The number of methoxy groups -OCH3 is 2. The summed E-state index contributed by atoms with van der Waals surface area (Å²) in [7, 11) is 3.15. The van der Waals surface area contributed by atoms with Crippen LogP contribution in [0, 0.1) is 0 Å². The largest absolute Gasteiger partial charge is 0.507 e. The third kappa shape index (κ3) is 3.45. The zero-order valence-corrected chi connectivity index (χ0v) is 18.1. The third-order valence-corrected chi connectivity index (χ3v) is 5.82. The number of nitrogens with zero attached hydrogens (tertiary/aromatic N) is 3. The fourth-order valence-corrected chi connectivity index (χ4v) is 4.30. The summed E-state index contributed by atoms with van der Waals surface area (Å²) in [5, 5.41) is 17.8. The maximum atomic E-state index is 13.5. The highest BCUT2D eigenvalue weighted by molar-refractivity contribution is 6.00. The first-order valence-corrected chi connectivity index (χ1v) is 10.4. The Morgan fingerprint density at radius 3 is 2.61 bits per heavy atom. The number of aromatic hydroxyl groups is 1. The Morgan fingerprint density at radius 1 is 1.06 bits per heavy atom. The molecule has 33 heavy (non-hydrogen) atoms. The van der Waals surface area contributed by atoms with Crippen molar-refractivity contribution in [1.82, 2.24) is 20.1 Å². The summed E-state index contributed by atoms with van der Waals surface area (Å²) in [5.41, 5.74) is 3.93. The van der Waals surface area contributed by atoms with Crippen LogP contribution in [0.3, 0.4) is 0 Å². The van der Waals surface area contributed by atoms with E-state index in [9.17, 15) is 9.90 Å². The fraction of sp³-hybridized carbons (Fsp3) is 0.160. The molecule has 1 aliphatic rings. The van der Waals surface area contributed by atoms with E-state index in [-0.39, 0.29) is 11.7 Å². The number of ether oxygens (including phenoxy) is 2. The van der Waals surface area contributed by atoms with Gasteiger partial charge in [0.2, 0.25) is 0 Å². The molecule has 166 valence electrons. The van der Waals surface area contributed by atoms with Crippen molar-refractivity contribution in [2.24, 2.45) is 0 Å². The van der Waals surface area contributed by atoms with Crippen LogP contribution < -0.4 is 9.47 Å². The van der Waals surface area contributed by atoms with Crippen molar-refractivity contribution in [3.8, 4) is 28.5 Å². The number of pyridine rings is 1. The van der Waals surface area contributed by atoms with Crippen LogP contribution in [-0.2, 0) is 6.54 Å². The molecule has 3 heterocycles. The average molecular weight is 442 g/mol. The van der Waals surface area contributed by atoms with Crippen molar-refractivity contribution in [3.05, 3.63) is 89.4 Å². The lowest BCUT2D eigenvalue weighted by Gasteiger charge is -2.27. The number of rotatable bonds is 6. The maximum Gasteiger partial charge on any atom is 0.273 e. The molecule has 0 radical (unpaired) electrons. The highest BCUT2D eigenvalue weighted by Gasteiger charge is 2.42. The summed E-state index contributed by atoms with van der Waals surface area (Å²) < 4.78 is 10.9. The Bertz CT molecular complexity index is 1320. The van der Waals surface area contributed by atoms with Crippen LogP contribution in [0.1, 0.15) is 33.2 Å². The van der Waals surface area contributed by atoms with Crippen LogP contribution in [0.25, 0.3) is 11.3 Å². The lowest BCUT2D eigenvalue weighted by atomic mass is 9.95. The summed E-state index contributed by atoms with van der Waals surface area (Å²) in [6.45, 7) is 0.356. The fourth-order valence-electron chi connectivity index (χ4n) is 4.30. The number of nitrogens with one attached hydrogen (secondary N) is 1. The molecule has 2 N–H and O–H groups in total. The van der Waals surface area contributed by atoms with Gasteiger partial charge in [-0.05, 0) is 41.5 Å². The number of aromatic amines is 1. The van der Waals surface area contributed by atoms with E-state index in [2.05, 4.69) is 15.2 Å². The second-order valence-corrected chi connectivity index (χ2v) is 7.69. The van der Waals surface area contributed by atoms with Crippen LogP contribution >= 0.6 is 0 Å². The molecule has 0 unspecified atom stereocenters. The third-order valence-electron chi connectivity index (χ3n) is 5.82. The van der Waals surface area contributed by atoms with E-state index in [0.29, 0.717) is 40.6 Å². The van der Waals surface area contributed by atoms with Crippen molar-refractivity contribution < 1.29 is 19.4 Å². The quantitative estimate of drug-likeness (QED) is 0.469. The van der Waals surface area contributed by atoms with Gasteiger partial charge in [0, 0.05) is 30.1 Å². The van der Waals surface area contributed by atoms with Gasteiger partial charge in [0.1, 0.15) is 17.1 Å². The standard InChI is InChI=1S/C25H22N4O4/c1-32-19-10-9-16(12-20(19)33-2)24-21-22(17-7-3-4-8-18(17)30)27-28-23(21)25(31)29(24)14-15-6-5-11-26-13-15/h3-13,24,30H,14H2,1-2H3,(H,27,28)/t24-/m0/s1. The molecule has 4 aromatic rings. The van der Waals surface area contributed by atoms with Gasteiger partial charge in [-0.2, -0.15) is 5.10 Å². The Labute approximate surface area is 190 Å². The first-order valence-electron chi connectivity index (χ1n) is 10.4. The predicted molar refractivity (Wildman–Crippen MR) is 121 cm³/mol. The monoisotopic (exact) mass is 442 g/mol. The zero-order valence-electron chi connectivity index (χ0n) is 18.1. The molecule has 8 nitrogen and oxygen atoms in total. The summed E-state index contributed by atoms with van der Waals surface area (Å²) in [4.78, 5) is 19.5. The lowest BCUT2D eigenvalue weighted by Crippen LogP contribution is -2.29. The number of hydrogen-bond donors (Lipinski definition) is 2. The van der Waals surface area contributed by atoms with Crippen LogP contribution in [0.4, 0.5) is 0 Å². The van der Waals surface area contributed by atoms with E-state index in [0.717, 1.165) is 11.1 Å². The molecule has 1 aliphatic heterocycles. The first kappa shape index (κ1) is 20.6. The van der Waals surface area contributed by atoms with Gasteiger partial charge in [0.25, 0.3) is 5.91 Å². The molecule has 2 aromatic heterocycles. The number of hydrogen-bond acceptors (Lipinski definition) is 6. The van der Waals surface area contributed by atoms with Crippen LogP contribution in [0.5, 0.6) is 17.2 Å². The number of phenols is 1. The van der Waals surface area contributed by atoms with E-state index in [1.165, 1.54) is 0 Å². The average Bonchev–Trinajstić information content (AvgIpc) is 3.39. The maximum absolute atomic E-state index is 13.5. The van der Waals surface area contributed by atoms with E-state index < -0.39 is 6.04 Å². The van der Waals surface area contributed by atoms with Crippen molar-refractivity contribution >= 4 is 5.91 Å². The molecule has 0 saturated carbocycles. The van der Waals surface area contributed by atoms with Crippen molar-refractivity contribution in [3.63, 3.8) is 0 Å². The molecular weight excluding hydrogens is 420 g/mol. The van der Waals surface area contributed by atoms with Gasteiger partial charge in [0.15, 0.2) is 11.5 Å². The number of carbonyl (C=O) groups is 1. The topological polar surface area (TPSA) is 101 Å². The Morgan fingerprint density at radius 2 is 1.88 bits per heavy atom. The number of amides is 1. The van der Waals surface area contributed by atoms with E-state index >= 15 is 0 Å². The lowest BCUT2D eigenvalue weighted by molar-refractivity contribution is 0.0729. The number of phenolic OH excluding ortho intramolecular Hbond substituents is 1. The highest BCUT2D eigenvalue weighted by Crippen LogP contribution is 2.46. The molecule has 8 heteroatoms. The minimum Gasteiger partial charge on any atom is -0.507 e. The Kier molecular flexibility index (Phi) is 5.18. The SMILES string of the molecule is COc1ccc([C@H]2c3c(-c4ccccc4O)n[nH]c3C(=O)N2Cc2cccnc2)cc1OC. The van der Waals surface area contributed by atoms with Gasteiger partial charge >= 0.3 is 0 Å². The van der Waals surface area contributed by atoms with Crippen LogP contribution in [0.15, 0.2) is 67.0 Å². The van der Waals surface area contributed by atoms with E-state index in [1.54, 1.807) is 49.7 Å². The minimum atomic E-state index is -0.458. The highest BCUT2D eigenvalue weighted by atomic mass is 16.5. The van der Waals surface area contributed by atoms with E-state index in [1.807, 2.05) is 36.4 Å². The number of para-hydroxylation sites is 1. The van der Waals surface area contributed by atoms with Gasteiger partial charge in [-0.25, -0.2) is 0 Å². The van der Waals surface area contributed by atoms with Gasteiger partial charge in [-0.15, -0.1) is 0 Å². The molecular formula is C25H22N4O4. The zero-order chi connectivity index (χ0) is 22.9. The smallest absolute Gasteiger partial charge is 0.273 e. The molecule has 0 saturated heterocycles. The van der Waals surface area contributed by atoms with Crippen molar-refractivity contribution in [2.45, 2.75) is 12.6 Å². The normalized spacial score (nSPS) is 14.9. The van der Waals surface area contributed by atoms with Gasteiger partial charge in [-0.1, -0.05) is 24.3 Å². The molecule has 0 spiro atoms. The van der Waals surface area contributed by atoms with Gasteiger partial charge in [-0.3, -0.25) is 14.9 Å². The summed E-state index contributed by atoms with van der Waals surface area (Å²) in [5.74, 6) is 1.07. The molecule has 1 atom stereocenters. The summed E-state index contributed by atoms with van der Waals surface area (Å²) >= 11 is 0. The van der Waals surface area contributed by atoms with Gasteiger partial charge < -0.3 is 19.5 Å². The Balaban J connectivity index is 1.69. The Hall–Kier alpha value is -4.33. The first-order chi connectivity index (χ1) is 16.1. The minimum absolute atomic E-state index is 0.0935. The van der Waals surface area contributed by atoms with Crippen molar-refractivity contribution in [2.75, 3.05) is 14.2 Å². The second kappa shape index (κ2) is 8.31. The summed E-state index contributed by atoms with van der Waals surface area (Å²) in [6.07, 6.45) is 3.44. The second-order valence-electron chi connectivity index (χ2n) is 7.69. The van der Waals surface area contributed by atoms with Gasteiger partial charge in [0.05, 0.1) is 20.3 Å². The van der Waals surface area contributed by atoms with Crippen molar-refractivity contribution in [1.29, 1.82) is 0 Å². The predicted octanol–water partition coefficient (Wildman–Crippen LogP) is 3.94.